The van der Waals surface area contributed by atoms with Crippen LogP contribution >= 0.6 is 0 Å². The van der Waals surface area contributed by atoms with E-state index >= 15 is 0 Å². The highest BCUT2D eigenvalue weighted by atomic mass is 32.2. The number of hydrogen-bond donors (Lipinski definition) is 2. The summed E-state index contributed by atoms with van der Waals surface area (Å²) >= 11 is 0. The van der Waals surface area contributed by atoms with Crippen molar-refractivity contribution in [3.8, 4) is 5.75 Å². The molecule has 0 unspecified atom stereocenters. The first-order chi connectivity index (χ1) is 8.03. The number of rotatable bonds is 7. The number of ether oxygens (including phenoxy) is 1. The molecule has 2 N–H and O–H groups in total. The fourth-order valence-electron chi connectivity index (χ4n) is 1.40. The average molecular weight is 258 g/mol. The molecule has 0 atom stereocenters. The largest absolute Gasteiger partial charge is 0.496 e. The molecule has 1 rings (SSSR count). The Morgan fingerprint density at radius 3 is 2.59 bits per heavy atom. The van der Waals surface area contributed by atoms with Crippen molar-refractivity contribution in [1.29, 1.82) is 0 Å². The predicted octanol–water partition coefficient (Wildman–Crippen LogP) is 0.334. The minimum atomic E-state index is -3.10. The molecule has 0 aliphatic carbocycles. The molecule has 17 heavy (non-hydrogen) atoms. The Balaban J connectivity index is 2.31. The van der Waals surface area contributed by atoms with Crippen molar-refractivity contribution < 1.29 is 13.2 Å². The summed E-state index contributed by atoms with van der Waals surface area (Å²) in [4.78, 5) is 0. The zero-order chi connectivity index (χ0) is 12.7. The lowest BCUT2D eigenvalue weighted by Gasteiger charge is -2.09. The van der Waals surface area contributed by atoms with E-state index in [2.05, 4.69) is 10.0 Å². The Morgan fingerprint density at radius 1 is 1.24 bits per heavy atom. The molecule has 0 saturated heterocycles. The van der Waals surface area contributed by atoms with E-state index in [1.54, 1.807) is 7.11 Å². The topological polar surface area (TPSA) is 67.4 Å². The highest BCUT2D eigenvalue weighted by Crippen LogP contribution is 2.16. The Morgan fingerprint density at radius 2 is 1.94 bits per heavy atom. The fraction of sp³-hybridized carbons (Fsp3) is 0.455. The number of benzene rings is 1. The van der Waals surface area contributed by atoms with E-state index in [4.69, 9.17) is 4.74 Å². The van der Waals surface area contributed by atoms with Gasteiger partial charge in [-0.1, -0.05) is 18.2 Å². The molecule has 6 heteroatoms. The van der Waals surface area contributed by atoms with Crippen LogP contribution in [0.1, 0.15) is 5.56 Å². The van der Waals surface area contributed by atoms with E-state index in [-0.39, 0.29) is 0 Å². The average Bonchev–Trinajstić information content (AvgIpc) is 2.27. The summed E-state index contributed by atoms with van der Waals surface area (Å²) in [6.45, 7) is 1.61. The fourth-order valence-corrected chi connectivity index (χ4v) is 1.87. The molecular weight excluding hydrogens is 240 g/mol. The third-order valence-corrected chi connectivity index (χ3v) is 2.90. The molecule has 0 heterocycles. The minimum absolute atomic E-state index is 0.383. The summed E-state index contributed by atoms with van der Waals surface area (Å²) in [7, 11) is -1.47. The summed E-state index contributed by atoms with van der Waals surface area (Å²) in [5.74, 6) is 0.830. The van der Waals surface area contributed by atoms with Gasteiger partial charge in [0, 0.05) is 25.2 Å². The summed E-state index contributed by atoms with van der Waals surface area (Å²) in [6.07, 6.45) is 1.15. The Hall–Kier alpha value is -1.11. The van der Waals surface area contributed by atoms with Crippen LogP contribution in [0.4, 0.5) is 0 Å². The number of hydrogen-bond acceptors (Lipinski definition) is 4. The number of sulfonamides is 1. The van der Waals surface area contributed by atoms with Crippen LogP contribution in [0.25, 0.3) is 0 Å². The van der Waals surface area contributed by atoms with Gasteiger partial charge in [0.05, 0.1) is 13.4 Å². The van der Waals surface area contributed by atoms with Crippen LogP contribution < -0.4 is 14.8 Å². The molecule has 0 saturated carbocycles. The molecular formula is C11H18N2O3S. The van der Waals surface area contributed by atoms with Crippen molar-refractivity contribution >= 4 is 10.0 Å². The van der Waals surface area contributed by atoms with Crippen molar-refractivity contribution in [2.24, 2.45) is 0 Å². The van der Waals surface area contributed by atoms with Gasteiger partial charge in [0.25, 0.3) is 0 Å². The molecule has 1 aromatic rings. The second-order valence-electron chi connectivity index (χ2n) is 3.66. The van der Waals surface area contributed by atoms with Gasteiger partial charge in [-0.15, -0.1) is 0 Å². The summed E-state index contributed by atoms with van der Waals surface area (Å²) in [6, 6.07) is 7.71. The van der Waals surface area contributed by atoms with Crippen LogP contribution in [0.3, 0.4) is 0 Å². The SMILES string of the molecule is COc1ccccc1CNCCNS(C)(=O)=O. The first-order valence-corrected chi connectivity index (χ1v) is 7.19. The van der Waals surface area contributed by atoms with Crippen LogP contribution in [-0.2, 0) is 16.6 Å². The molecule has 0 aliphatic heterocycles. The second-order valence-corrected chi connectivity index (χ2v) is 5.49. The van der Waals surface area contributed by atoms with Gasteiger partial charge in [-0.2, -0.15) is 0 Å². The highest BCUT2D eigenvalue weighted by molar-refractivity contribution is 7.88. The van der Waals surface area contributed by atoms with E-state index in [9.17, 15) is 8.42 Å². The third kappa shape index (κ3) is 5.67. The van der Waals surface area contributed by atoms with Crippen LogP contribution in [0.15, 0.2) is 24.3 Å². The van der Waals surface area contributed by atoms with E-state index in [0.717, 1.165) is 17.6 Å². The van der Waals surface area contributed by atoms with Crippen molar-refractivity contribution in [2.45, 2.75) is 6.54 Å². The van der Waals surface area contributed by atoms with Gasteiger partial charge in [-0.25, -0.2) is 13.1 Å². The van der Waals surface area contributed by atoms with E-state index < -0.39 is 10.0 Å². The maximum absolute atomic E-state index is 10.8. The van der Waals surface area contributed by atoms with Crippen molar-refractivity contribution in [3.05, 3.63) is 29.8 Å². The van der Waals surface area contributed by atoms with Gasteiger partial charge in [0.15, 0.2) is 0 Å². The zero-order valence-corrected chi connectivity index (χ0v) is 10.9. The van der Waals surface area contributed by atoms with Crippen LogP contribution in [0.2, 0.25) is 0 Å². The van der Waals surface area contributed by atoms with E-state index in [0.29, 0.717) is 19.6 Å². The Labute approximate surface area is 102 Å². The Kier molecular flexibility index (Phi) is 5.40. The van der Waals surface area contributed by atoms with Gasteiger partial charge >= 0.3 is 0 Å². The van der Waals surface area contributed by atoms with Crippen LogP contribution in [0, 0.1) is 0 Å². The van der Waals surface area contributed by atoms with Gasteiger partial charge in [0.1, 0.15) is 5.75 Å². The molecule has 0 radical (unpaired) electrons. The number of methoxy groups -OCH3 is 1. The summed E-state index contributed by atoms with van der Waals surface area (Å²) < 4.78 is 29.2. The van der Waals surface area contributed by atoms with Crippen LogP contribution in [-0.4, -0.2) is 34.9 Å². The lowest BCUT2D eigenvalue weighted by Crippen LogP contribution is -2.30. The van der Waals surface area contributed by atoms with Crippen molar-refractivity contribution in [3.63, 3.8) is 0 Å². The summed E-state index contributed by atoms with van der Waals surface area (Å²) in [5.41, 5.74) is 1.05. The quantitative estimate of drug-likeness (QED) is 0.692. The molecule has 0 aliphatic rings. The van der Waals surface area contributed by atoms with Gasteiger partial charge in [-0.3, -0.25) is 0 Å². The minimum Gasteiger partial charge on any atom is -0.496 e. The monoisotopic (exact) mass is 258 g/mol. The summed E-state index contributed by atoms with van der Waals surface area (Å²) in [5, 5.41) is 3.14. The molecule has 1 aromatic carbocycles. The molecule has 96 valence electrons. The predicted molar refractivity (Wildman–Crippen MR) is 67.5 cm³/mol. The molecule has 0 bridgehead atoms. The molecule has 0 fully saturated rings. The second kappa shape index (κ2) is 6.58. The Bertz CT molecular complexity index is 446. The van der Waals surface area contributed by atoms with E-state index in [1.165, 1.54) is 0 Å². The number of para-hydroxylation sites is 1. The van der Waals surface area contributed by atoms with Gasteiger partial charge in [0.2, 0.25) is 10.0 Å². The molecule has 0 aromatic heterocycles. The first kappa shape index (κ1) is 14.0. The molecule has 0 amide bonds. The smallest absolute Gasteiger partial charge is 0.208 e. The van der Waals surface area contributed by atoms with E-state index in [1.807, 2.05) is 24.3 Å². The standard InChI is InChI=1S/C11H18N2O3S/c1-16-11-6-4-3-5-10(11)9-12-7-8-13-17(2,14)15/h3-6,12-13H,7-9H2,1-2H3. The normalized spacial score (nSPS) is 11.4. The maximum atomic E-state index is 10.8. The molecule has 5 nitrogen and oxygen atoms in total. The van der Waals surface area contributed by atoms with Crippen LogP contribution in [0.5, 0.6) is 5.75 Å². The lowest BCUT2D eigenvalue weighted by atomic mass is 10.2. The zero-order valence-electron chi connectivity index (χ0n) is 10.1. The van der Waals surface area contributed by atoms with Gasteiger partial charge < -0.3 is 10.1 Å². The first-order valence-electron chi connectivity index (χ1n) is 5.30. The molecule has 0 spiro atoms. The maximum Gasteiger partial charge on any atom is 0.208 e. The van der Waals surface area contributed by atoms with Crippen molar-refractivity contribution in [2.75, 3.05) is 26.5 Å². The lowest BCUT2D eigenvalue weighted by molar-refractivity contribution is 0.408. The number of nitrogens with one attached hydrogen (secondary N) is 2. The van der Waals surface area contributed by atoms with Crippen molar-refractivity contribution in [1.82, 2.24) is 10.0 Å². The third-order valence-electron chi connectivity index (χ3n) is 2.17. The highest BCUT2D eigenvalue weighted by Gasteiger charge is 2.01. The van der Waals surface area contributed by atoms with Gasteiger partial charge in [-0.05, 0) is 6.07 Å².